The van der Waals surface area contributed by atoms with Crippen LogP contribution in [-0.2, 0) is 0 Å². The van der Waals surface area contributed by atoms with Crippen LogP contribution < -0.4 is 16.0 Å². The van der Waals surface area contributed by atoms with Gasteiger partial charge in [-0.1, -0.05) is 41.4 Å². The predicted molar refractivity (Wildman–Crippen MR) is 85.7 cm³/mol. The van der Waals surface area contributed by atoms with Crippen LogP contribution in [0.4, 0.5) is 0 Å². The largest absolute Gasteiger partial charge is 0.490 e. The van der Waals surface area contributed by atoms with Crippen LogP contribution in [0.1, 0.15) is 30.0 Å². The highest BCUT2D eigenvalue weighted by Gasteiger charge is 2.23. The van der Waals surface area contributed by atoms with Crippen LogP contribution in [-0.4, -0.2) is 6.10 Å². The number of rotatable bonds is 5. The van der Waals surface area contributed by atoms with E-state index in [1.165, 1.54) is 0 Å². The van der Waals surface area contributed by atoms with Gasteiger partial charge in [0, 0.05) is 10.0 Å². The summed E-state index contributed by atoms with van der Waals surface area (Å²) in [5, 5.41) is 1.19. The SMILES string of the molecule is NNC(c1ccc(OC2CC2)cc1)c1ccc(Cl)cc1Cl. The Kier molecular flexibility index (Phi) is 4.36. The predicted octanol–water partition coefficient (Wildman–Crippen LogP) is 4.09. The third kappa shape index (κ3) is 3.50. The standard InChI is InChI=1S/C16H16Cl2N2O/c17-11-3-8-14(15(18)9-11)16(20-19)10-1-4-12(5-2-10)21-13-6-7-13/h1-5,8-9,13,16,20H,6-7,19H2. The van der Waals surface area contributed by atoms with Crippen molar-refractivity contribution in [3.63, 3.8) is 0 Å². The first-order valence-electron chi connectivity index (χ1n) is 6.85. The highest BCUT2D eigenvalue weighted by molar-refractivity contribution is 6.35. The van der Waals surface area contributed by atoms with E-state index in [1.807, 2.05) is 30.3 Å². The third-order valence-corrected chi connectivity index (χ3v) is 4.04. The van der Waals surface area contributed by atoms with Crippen molar-refractivity contribution in [2.24, 2.45) is 5.84 Å². The molecule has 0 spiro atoms. The molecule has 0 saturated heterocycles. The second kappa shape index (κ2) is 6.24. The summed E-state index contributed by atoms with van der Waals surface area (Å²) in [7, 11) is 0. The van der Waals surface area contributed by atoms with Crippen LogP contribution in [0, 0.1) is 0 Å². The molecular formula is C16H16Cl2N2O. The smallest absolute Gasteiger partial charge is 0.119 e. The molecule has 2 aromatic carbocycles. The number of hydrogen-bond donors (Lipinski definition) is 2. The van der Waals surface area contributed by atoms with Gasteiger partial charge in [0.15, 0.2) is 0 Å². The lowest BCUT2D eigenvalue weighted by molar-refractivity contribution is 0.303. The zero-order valence-electron chi connectivity index (χ0n) is 11.4. The van der Waals surface area contributed by atoms with E-state index in [-0.39, 0.29) is 6.04 Å². The number of halogens is 2. The number of benzene rings is 2. The molecule has 3 nitrogen and oxygen atoms in total. The van der Waals surface area contributed by atoms with Gasteiger partial charge < -0.3 is 4.74 Å². The second-order valence-corrected chi connectivity index (χ2v) is 6.00. The zero-order chi connectivity index (χ0) is 14.8. The number of nitrogens with one attached hydrogen (secondary N) is 1. The van der Waals surface area contributed by atoms with Gasteiger partial charge in [-0.25, -0.2) is 5.43 Å². The van der Waals surface area contributed by atoms with E-state index in [4.69, 9.17) is 33.8 Å². The van der Waals surface area contributed by atoms with Gasteiger partial charge in [0.25, 0.3) is 0 Å². The van der Waals surface area contributed by atoms with Gasteiger partial charge in [0.05, 0.1) is 12.1 Å². The lowest BCUT2D eigenvalue weighted by Gasteiger charge is -2.19. The summed E-state index contributed by atoms with van der Waals surface area (Å²) in [6.07, 6.45) is 2.69. The first kappa shape index (κ1) is 14.7. The molecule has 5 heteroatoms. The van der Waals surface area contributed by atoms with Crippen molar-refractivity contribution in [3.8, 4) is 5.75 Å². The first-order valence-corrected chi connectivity index (χ1v) is 7.60. The average molecular weight is 323 g/mol. The fourth-order valence-electron chi connectivity index (χ4n) is 2.22. The Hall–Kier alpha value is -1.26. The molecule has 1 unspecified atom stereocenters. The van der Waals surface area contributed by atoms with E-state index in [0.29, 0.717) is 16.1 Å². The van der Waals surface area contributed by atoms with Crippen molar-refractivity contribution in [1.29, 1.82) is 0 Å². The highest BCUT2D eigenvalue weighted by Crippen LogP contribution is 2.32. The highest BCUT2D eigenvalue weighted by atomic mass is 35.5. The van der Waals surface area contributed by atoms with Gasteiger partial charge in [0.1, 0.15) is 5.75 Å². The molecule has 1 fully saturated rings. The van der Waals surface area contributed by atoms with Crippen LogP contribution in [0.25, 0.3) is 0 Å². The zero-order valence-corrected chi connectivity index (χ0v) is 12.9. The molecule has 2 aromatic rings. The maximum atomic E-state index is 6.26. The molecule has 0 aliphatic heterocycles. The van der Waals surface area contributed by atoms with Gasteiger partial charge in [-0.2, -0.15) is 0 Å². The van der Waals surface area contributed by atoms with Crippen molar-refractivity contribution >= 4 is 23.2 Å². The maximum absolute atomic E-state index is 6.26. The summed E-state index contributed by atoms with van der Waals surface area (Å²) in [5.74, 6) is 6.59. The second-order valence-electron chi connectivity index (χ2n) is 5.15. The summed E-state index contributed by atoms with van der Waals surface area (Å²) in [6.45, 7) is 0. The van der Waals surface area contributed by atoms with Crippen LogP contribution in [0.15, 0.2) is 42.5 Å². The van der Waals surface area contributed by atoms with Crippen LogP contribution in [0.2, 0.25) is 10.0 Å². The monoisotopic (exact) mass is 322 g/mol. The number of nitrogens with two attached hydrogens (primary N) is 1. The Morgan fingerprint density at radius 3 is 2.38 bits per heavy atom. The number of hydrazine groups is 1. The Morgan fingerprint density at radius 1 is 1.10 bits per heavy atom. The molecule has 0 amide bonds. The van der Waals surface area contributed by atoms with Gasteiger partial charge in [0.2, 0.25) is 0 Å². The average Bonchev–Trinajstić information content (AvgIpc) is 3.27. The normalized spacial score (nSPS) is 15.8. The van der Waals surface area contributed by atoms with Crippen LogP contribution >= 0.6 is 23.2 Å². The molecule has 1 atom stereocenters. The minimum Gasteiger partial charge on any atom is -0.490 e. The Bertz CT molecular complexity index is 627. The lowest BCUT2D eigenvalue weighted by atomic mass is 9.99. The fraction of sp³-hybridized carbons (Fsp3) is 0.250. The molecule has 110 valence electrons. The lowest BCUT2D eigenvalue weighted by Crippen LogP contribution is -2.29. The molecule has 3 rings (SSSR count). The summed E-state index contributed by atoms with van der Waals surface area (Å²) in [5.41, 5.74) is 4.71. The van der Waals surface area contributed by atoms with E-state index < -0.39 is 0 Å². The van der Waals surface area contributed by atoms with Crippen molar-refractivity contribution in [3.05, 3.63) is 63.6 Å². The summed E-state index contributed by atoms with van der Waals surface area (Å²) in [6, 6.07) is 13.1. The van der Waals surface area contributed by atoms with Gasteiger partial charge >= 0.3 is 0 Å². The Morgan fingerprint density at radius 2 is 1.81 bits per heavy atom. The Balaban J connectivity index is 1.84. The molecule has 1 aliphatic carbocycles. The van der Waals surface area contributed by atoms with Gasteiger partial charge in [-0.05, 0) is 48.2 Å². The molecule has 0 bridgehead atoms. The van der Waals surface area contributed by atoms with Gasteiger partial charge in [-0.3, -0.25) is 5.84 Å². The first-order chi connectivity index (χ1) is 10.2. The maximum Gasteiger partial charge on any atom is 0.119 e. The van der Waals surface area contributed by atoms with Crippen molar-refractivity contribution < 1.29 is 4.74 Å². The fourth-order valence-corrected chi connectivity index (χ4v) is 2.74. The third-order valence-electron chi connectivity index (χ3n) is 3.48. The number of hydrogen-bond acceptors (Lipinski definition) is 3. The van der Waals surface area contributed by atoms with E-state index >= 15 is 0 Å². The van der Waals surface area contributed by atoms with Crippen LogP contribution in [0.3, 0.4) is 0 Å². The molecular weight excluding hydrogens is 307 g/mol. The molecule has 0 aromatic heterocycles. The van der Waals surface area contributed by atoms with Crippen LogP contribution in [0.5, 0.6) is 5.75 Å². The minimum absolute atomic E-state index is 0.190. The number of ether oxygens (including phenoxy) is 1. The Labute approximate surface area is 134 Å². The summed E-state index contributed by atoms with van der Waals surface area (Å²) >= 11 is 12.2. The topological polar surface area (TPSA) is 47.3 Å². The van der Waals surface area contributed by atoms with Gasteiger partial charge in [-0.15, -0.1) is 0 Å². The molecule has 0 heterocycles. The van der Waals surface area contributed by atoms with E-state index in [2.05, 4.69) is 5.43 Å². The molecule has 0 radical (unpaired) electrons. The quantitative estimate of drug-likeness (QED) is 0.644. The molecule has 1 aliphatic rings. The van der Waals surface area contributed by atoms with Crippen molar-refractivity contribution in [2.75, 3.05) is 0 Å². The van der Waals surface area contributed by atoms with E-state index in [1.54, 1.807) is 12.1 Å². The summed E-state index contributed by atoms with van der Waals surface area (Å²) in [4.78, 5) is 0. The summed E-state index contributed by atoms with van der Waals surface area (Å²) < 4.78 is 5.74. The van der Waals surface area contributed by atoms with E-state index in [0.717, 1.165) is 29.7 Å². The van der Waals surface area contributed by atoms with Crippen molar-refractivity contribution in [1.82, 2.24) is 5.43 Å². The molecule has 3 N–H and O–H groups in total. The van der Waals surface area contributed by atoms with Crippen molar-refractivity contribution in [2.45, 2.75) is 25.0 Å². The molecule has 1 saturated carbocycles. The van der Waals surface area contributed by atoms with E-state index in [9.17, 15) is 0 Å². The minimum atomic E-state index is -0.190. The molecule has 21 heavy (non-hydrogen) atoms.